The Hall–Kier alpha value is -1.55. The molecule has 4 heteroatoms. The van der Waals surface area contributed by atoms with Crippen molar-refractivity contribution in [2.45, 2.75) is 39.0 Å². The standard InChI is InChI=1S/C14H20N2O2/c1-9(2)16-11-7-5-6-8-12(11)18-10(3)13(15-4)14(16)17/h5-10,13,15H,1-4H3. The summed E-state index contributed by atoms with van der Waals surface area (Å²) in [5.74, 6) is 0.828. The van der Waals surface area contributed by atoms with Gasteiger partial charge in [-0.2, -0.15) is 0 Å². The van der Waals surface area contributed by atoms with E-state index in [1.807, 2.05) is 45.0 Å². The van der Waals surface area contributed by atoms with Crippen LogP contribution in [0, 0.1) is 0 Å². The van der Waals surface area contributed by atoms with Crippen LogP contribution in [0.25, 0.3) is 0 Å². The molecule has 2 atom stereocenters. The van der Waals surface area contributed by atoms with E-state index < -0.39 is 0 Å². The van der Waals surface area contributed by atoms with Gasteiger partial charge in [-0.05, 0) is 40.0 Å². The van der Waals surface area contributed by atoms with Crippen molar-refractivity contribution in [1.29, 1.82) is 0 Å². The highest BCUT2D eigenvalue weighted by Crippen LogP contribution is 2.33. The Labute approximate surface area is 108 Å². The molecule has 0 saturated heterocycles. The third-order valence-corrected chi connectivity index (χ3v) is 3.24. The van der Waals surface area contributed by atoms with Crippen molar-refractivity contribution >= 4 is 11.6 Å². The minimum absolute atomic E-state index is 0.0601. The summed E-state index contributed by atoms with van der Waals surface area (Å²) in [6, 6.07) is 7.47. The number of nitrogens with zero attached hydrogens (tertiary/aromatic N) is 1. The molecule has 1 amide bonds. The smallest absolute Gasteiger partial charge is 0.248 e. The van der Waals surface area contributed by atoms with Crippen molar-refractivity contribution in [3.05, 3.63) is 24.3 Å². The molecule has 98 valence electrons. The summed E-state index contributed by atoms with van der Waals surface area (Å²) >= 11 is 0. The van der Waals surface area contributed by atoms with Crippen molar-refractivity contribution in [2.24, 2.45) is 0 Å². The number of ether oxygens (including phenoxy) is 1. The fourth-order valence-electron chi connectivity index (χ4n) is 2.38. The average Bonchev–Trinajstić information content (AvgIpc) is 2.41. The summed E-state index contributed by atoms with van der Waals surface area (Å²) in [5, 5.41) is 3.05. The SMILES string of the molecule is CNC1C(=O)N(C(C)C)c2ccccc2OC1C. The van der Waals surface area contributed by atoms with Gasteiger partial charge in [0, 0.05) is 6.04 Å². The van der Waals surface area contributed by atoms with Gasteiger partial charge in [0.05, 0.1) is 5.69 Å². The van der Waals surface area contributed by atoms with Crippen LogP contribution in [0.2, 0.25) is 0 Å². The number of para-hydroxylation sites is 2. The number of hydrogen-bond acceptors (Lipinski definition) is 3. The van der Waals surface area contributed by atoms with Crippen LogP contribution >= 0.6 is 0 Å². The predicted octanol–water partition coefficient (Wildman–Crippen LogP) is 1.80. The highest BCUT2D eigenvalue weighted by Gasteiger charge is 2.36. The molecule has 1 aromatic carbocycles. The van der Waals surface area contributed by atoms with Crippen LogP contribution in [0.15, 0.2) is 24.3 Å². The summed E-state index contributed by atoms with van der Waals surface area (Å²) in [5.41, 5.74) is 0.849. The zero-order chi connectivity index (χ0) is 13.3. The zero-order valence-electron chi connectivity index (χ0n) is 11.3. The largest absolute Gasteiger partial charge is 0.486 e. The maximum Gasteiger partial charge on any atom is 0.248 e. The van der Waals surface area contributed by atoms with Gasteiger partial charge in [0.15, 0.2) is 0 Å². The highest BCUT2D eigenvalue weighted by atomic mass is 16.5. The maximum absolute atomic E-state index is 12.6. The lowest BCUT2D eigenvalue weighted by Gasteiger charge is -2.28. The van der Waals surface area contributed by atoms with E-state index in [-0.39, 0.29) is 24.1 Å². The van der Waals surface area contributed by atoms with Crippen molar-refractivity contribution in [1.82, 2.24) is 5.32 Å². The molecule has 1 aliphatic heterocycles. The monoisotopic (exact) mass is 248 g/mol. The summed E-state index contributed by atoms with van der Waals surface area (Å²) in [6.07, 6.45) is -0.188. The molecule has 0 aliphatic carbocycles. The maximum atomic E-state index is 12.6. The van der Waals surface area contributed by atoms with Gasteiger partial charge >= 0.3 is 0 Å². The molecular formula is C14H20N2O2. The number of benzene rings is 1. The summed E-state index contributed by atoms with van der Waals surface area (Å²) in [6.45, 7) is 5.94. The van der Waals surface area contributed by atoms with Gasteiger partial charge < -0.3 is 15.0 Å². The Morgan fingerprint density at radius 1 is 1.33 bits per heavy atom. The molecule has 0 spiro atoms. The second kappa shape index (κ2) is 4.98. The molecule has 0 fully saturated rings. The van der Waals surface area contributed by atoms with Crippen LogP contribution in [-0.2, 0) is 4.79 Å². The van der Waals surface area contributed by atoms with E-state index in [9.17, 15) is 4.79 Å². The van der Waals surface area contributed by atoms with Crippen molar-refractivity contribution in [3.63, 3.8) is 0 Å². The number of likely N-dealkylation sites (N-methyl/N-ethyl adjacent to an activating group) is 1. The van der Waals surface area contributed by atoms with Gasteiger partial charge in [0.25, 0.3) is 0 Å². The molecule has 0 bridgehead atoms. The van der Waals surface area contributed by atoms with Crippen molar-refractivity contribution in [2.75, 3.05) is 11.9 Å². The zero-order valence-corrected chi connectivity index (χ0v) is 11.3. The normalized spacial score (nSPS) is 23.6. The first-order valence-electron chi connectivity index (χ1n) is 6.32. The van der Waals surface area contributed by atoms with E-state index in [0.29, 0.717) is 0 Å². The fraction of sp³-hybridized carbons (Fsp3) is 0.500. The third-order valence-electron chi connectivity index (χ3n) is 3.24. The summed E-state index contributed by atoms with van der Waals surface area (Å²) < 4.78 is 5.89. The first-order valence-corrected chi connectivity index (χ1v) is 6.32. The van der Waals surface area contributed by atoms with Crippen LogP contribution < -0.4 is 15.0 Å². The fourth-order valence-corrected chi connectivity index (χ4v) is 2.38. The third kappa shape index (κ3) is 2.08. The molecule has 2 unspecified atom stereocenters. The first-order chi connectivity index (χ1) is 8.56. The lowest BCUT2D eigenvalue weighted by Crippen LogP contribution is -2.52. The Bertz CT molecular complexity index is 445. The lowest BCUT2D eigenvalue weighted by molar-refractivity contribution is -0.122. The second-order valence-electron chi connectivity index (χ2n) is 4.86. The Kier molecular flexibility index (Phi) is 3.57. The molecule has 0 aromatic heterocycles. The highest BCUT2D eigenvalue weighted by molar-refractivity contribution is 6.00. The Morgan fingerprint density at radius 2 is 2.00 bits per heavy atom. The number of carbonyl (C=O) groups excluding carboxylic acids is 1. The van der Waals surface area contributed by atoms with Gasteiger partial charge in [0.2, 0.25) is 5.91 Å². The molecule has 1 N–H and O–H groups in total. The van der Waals surface area contributed by atoms with Gasteiger partial charge in [-0.25, -0.2) is 0 Å². The molecule has 0 saturated carbocycles. The van der Waals surface area contributed by atoms with Crippen molar-refractivity contribution < 1.29 is 9.53 Å². The van der Waals surface area contributed by atoms with E-state index in [1.54, 1.807) is 11.9 Å². The number of fused-ring (bicyclic) bond motifs is 1. The Morgan fingerprint density at radius 3 is 2.61 bits per heavy atom. The van der Waals surface area contributed by atoms with Crippen LogP contribution in [-0.4, -0.2) is 31.1 Å². The number of hydrogen-bond donors (Lipinski definition) is 1. The van der Waals surface area contributed by atoms with Gasteiger partial charge in [-0.15, -0.1) is 0 Å². The van der Waals surface area contributed by atoms with Crippen molar-refractivity contribution in [3.8, 4) is 5.75 Å². The molecule has 0 radical (unpaired) electrons. The number of nitrogens with one attached hydrogen (secondary N) is 1. The van der Waals surface area contributed by atoms with Gasteiger partial charge in [-0.3, -0.25) is 4.79 Å². The summed E-state index contributed by atoms with van der Waals surface area (Å²) in [7, 11) is 1.79. The van der Waals surface area contributed by atoms with Gasteiger partial charge in [-0.1, -0.05) is 12.1 Å². The van der Waals surface area contributed by atoms with E-state index in [4.69, 9.17) is 4.74 Å². The minimum Gasteiger partial charge on any atom is -0.486 e. The number of anilines is 1. The van der Waals surface area contributed by atoms with E-state index in [1.165, 1.54) is 0 Å². The second-order valence-corrected chi connectivity index (χ2v) is 4.86. The lowest BCUT2D eigenvalue weighted by atomic mass is 10.1. The summed E-state index contributed by atoms with van der Waals surface area (Å²) in [4.78, 5) is 14.4. The average molecular weight is 248 g/mol. The molecule has 4 nitrogen and oxygen atoms in total. The van der Waals surface area contributed by atoms with Crippen LogP contribution in [0.4, 0.5) is 5.69 Å². The number of amides is 1. The van der Waals surface area contributed by atoms with Crippen LogP contribution in [0.5, 0.6) is 5.75 Å². The van der Waals surface area contributed by atoms with Crippen LogP contribution in [0.3, 0.4) is 0 Å². The predicted molar refractivity (Wildman–Crippen MR) is 72.0 cm³/mol. The number of rotatable bonds is 2. The molecule has 1 aliphatic rings. The number of carbonyl (C=O) groups is 1. The van der Waals surface area contributed by atoms with E-state index in [2.05, 4.69) is 5.32 Å². The van der Waals surface area contributed by atoms with Gasteiger partial charge in [0.1, 0.15) is 17.9 Å². The van der Waals surface area contributed by atoms with E-state index in [0.717, 1.165) is 11.4 Å². The van der Waals surface area contributed by atoms with Crippen LogP contribution in [0.1, 0.15) is 20.8 Å². The topological polar surface area (TPSA) is 41.6 Å². The first kappa shape index (κ1) is 12.9. The minimum atomic E-state index is -0.320. The molecule has 1 heterocycles. The Balaban J connectivity index is 2.52. The molecular weight excluding hydrogens is 228 g/mol. The quantitative estimate of drug-likeness (QED) is 0.867. The molecule has 1 aromatic rings. The molecule has 2 rings (SSSR count). The molecule has 18 heavy (non-hydrogen) atoms. The van der Waals surface area contributed by atoms with E-state index >= 15 is 0 Å².